The highest BCUT2D eigenvalue weighted by Gasteiger charge is 2.19. The van der Waals surface area contributed by atoms with Crippen LogP contribution in [0.1, 0.15) is 44.1 Å². The summed E-state index contributed by atoms with van der Waals surface area (Å²) in [5.74, 6) is 0.586. The van der Waals surface area contributed by atoms with Crippen LogP contribution in [0, 0.1) is 0 Å². The predicted molar refractivity (Wildman–Crippen MR) is 135 cm³/mol. The standard InChI is InChI=1S/C26H33ClN4O2/c1-5-30(6-2)16-8-9-19(3)28-26(32)25-18-24(20-10-7-11-23(17-20)33-4)29-31(25)22-14-12-21(27)13-15-22/h7,10-15,17-19H,5-6,8-9,16H2,1-4H3,(H,28,32). The minimum Gasteiger partial charge on any atom is -0.497 e. The molecule has 0 fully saturated rings. The van der Waals surface area contributed by atoms with Crippen LogP contribution in [-0.4, -0.2) is 53.4 Å². The molecule has 0 saturated heterocycles. The second kappa shape index (κ2) is 11.9. The molecule has 0 aliphatic carbocycles. The molecule has 1 amide bonds. The third-order valence-electron chi connectivity index (χ3n) is 5.76. The van der Waals surface area contributed by atoms with Crippen molar-refractivity contribution in [1.29, 1.82) is 0 Å². The average Bonchev–Trinajstić information content (AvgIpc) is 3.28. The number of hydrogen-bond donors (Lipinski definition) is 1. The van der Waals surface area contributed by atoms with E-state index in [0.29, 0.717) is 16.4 Å². The summed E-state index contributed by atoms with van der Waals surface area (Å²) in [5.41, 5.74) is 2.82. The van der Waals surface area contributed by atoms with E-state index < -0.39 is 0 Å². The first-order valence-corrected chi connectivity index (χ1v) is 11.9. The highest BCUT2D eigenvalue weighted by molar-refractivity contribution is 6.30. The molecule has 3 aromatic rings. The number of ether oxygens (including phenoxy) is 1. The maximum Gasteiger partial charge on any atom is 0.270 e. The highest BCUT2D eigenvalue weighted by atomic mass is 35.5. The summed E-state index contributed by atoms with van der Waals surface area (Å²) >= 11 is 6.07. The number of carbonyl (C=O) groups is 1. The minimum atomic E-state index is -0.151. The normalized spacial score (nSPS) is 12.1. The van der Waals surface area contributed by atoms with E-state index in [9.17, 15) is 4.79 Å². The smallest absolute Gasteiger partial charge is 0.270 e. The average molecular weight is 469 g/mol. The van der Waals surface area contributed by atoms with Crippen molar-refractivity contribution in [1.82, 2.24) is 20.0 Å². The quantitative estimate of drug-likeness (QED) is 0.407. The van der Waals surface area contributed by atoms with E-state index in [1.165, 1.54) is 0 Å². The van der Waals surface area contributed by atoms with Crippen LogP contribution in [0.3, 0.4) is 0 Å². The Morgan fingerprint density at radius 1 is 1.15 bits per heavy atom. The van der Waals surface area contributed by atoms with E-state index >= 15 is 0 Å². The second-order valence-electron chi connectivity index (χ2n) is 8.08. The van der Waals surface area contributed by atoms with Crippen molar-refractivity contribution in [2.24, 2.45) is 0 Å². The molecule has 0 radical (unpaired) electrons. The van der Waals surface area contributed by atoms with Crippen molar-refractivity contribution in [3.8, 4) is 22.7 Å². The topological polar surface area (TPSA) is 59.4 Å². The van der Waals surface area contributed by atoms with Gasteiger partial charge in [0.15, 0.2) is 0 Å². The molecule has 0 bridgehead atoms. The van der Waals surface area contributed by atoms with Crippen LogP contribution in [0.5, 0.6) is 5.75 Å². The fraction of sp³-hybridized carbons (Fsp3) is 0.385. The Balaban J connectivity index is 1.83. The largest absolute Gasteiger partial charge is 0.497 e. The van der Waals surface area contributed by atoms with Gasteiger partial charge in [0, 0.05) is 16.6 Å². The number of carbonyl (C=O) groups excluding carboxylic acids is 1. The maximum absolute atomic E-state index is 13.3. The van der Waals surface area contributed by atoms with Gasteiger partial charge in [-0.25, -0.2) is 4.68 Å². The van der Waals surface area contributed by atoms with Gasteiger partial charge in [0.05, 0.1) is 18.5 Å². The number of methoxy groups -OCH3 is 1. The Labute approximate surface area is 201 Å². The van der Waals surface area contributed by atoms with Gasteiger partial charge in [-0.05, 0) is 81.9 Å². The lowest BCUT2D eigenvalue weighted by molar-refractivity contribution is 0.0929. The molecular weight excluding hydrogens is 436 g/mol. The first-order chi connectivity index (χ1) is 15.9. The molecule has 33 heavy (non-hydrogen) atoms. The molecule has 6 nitrogen and oxygen atoms in total. The van der Waals surface area contributed by atoms with Gasteiger partial charge >= 0.3 is 0 Å². The molecule has 3 rings (SSSR count). The van der Waals surface area contributed by atoms with Crippen LogP contribution >= 0.6 is 11.6 Å². The number of amides is 1. The molecule has 176 valence electrons. The number of nitrogens with zero attached hydrogens (tertiary/aromatic N) is 3. The Bertz CT molecular complexity index is 1040. The van der Waals surface area contributed by atoms with Gasteiger partial charge in [0.2, 0.25) is 0 Å². The summed E-state index contributed by atoms with van der Waals surface area (Å²) in [5, 5.41) is 8.52. The molecule has 1 unspecified atom stereocenters. The summed E-state index contributed by atoms with van der Waals surface area (Å²) in [6, 6.07) is 16.8. The van der Waals surface area contributed by atoms with E-state index in [4.69, 9.17) is 21.4 Å². The van der Waals surface area contributed by atoms with Crippen LogP contribution in [0.25, 0.3) is 16.9 Å². The van der Waals surface area contributed by atoms with Crippen LogP contribution in [0.4, 0.5) is 0 Å². The van der Waals surface area contributed by atoms with Crippen molar-refractivity contribution >= 4 is 17.5 Å². The Hall–Kier alpha value is -2.83. The van der Waals surface area contributed by atoms with Gasteiger partial charge in [0.1, 0.15) is 11.4 Å². The number of aromatic nitrogens is 2. The van der Waals surface area contributed by atoms with E-state index in [1.807, 2.05) is 49.4 Å². The number of benzene rings is 2. The Kier molecular flexibility index (Phi) is 8.92. The zero-order valence-corrected chi connectivity index (χ0v) is 20.6. The third-order valence-corrected chi connectivity index (χ3v) is 6.01. The molecule has 2 aromatic carbocycles. The van der Waals surface area contributed by atoms with Gasteiger partial charge in [-0.15, -0.1) is 0 Å². The van der Waals surface area contributed by atoms with Crippen LogP contribution < -0.4 is 10.1 Å². The first-order valence-electron chi connectivity index (χ1n) is 11.5. The number of nitrogens with one attached hydrogen (secondary N) is 1. The van der Waals surface area contributed by atoms with Gasteiger partial charge in [-0.2, -0.15) is 5.10 Å². The van der Waals surface area contributed by atoms with E-state index in [-0.39, 0.29) is 11.9 Å². The van der Waals surface area contributed by atoms with Crippen LogP contribution in [0.2, 0.25) is 5.02 Å². The molecule has 0 saturated carbocycles. The Morgan fingerprint density at radius 3 is 2.55 bits per heavy atom. The fourth-order valence-corrected chi connectivity index (χ4v) is 3.90. The van der Waals surface area contributed by atoms with Crippen molar-refractivity contribution in [3.05, 3.63) is 65.3 Å². The van der Waals surface area contributed by atoms with E-state index in [0.717, 1.165) is 49.5 Å². The van der Waals surface area contributed by atoms with E-state index in [2.05, 4.69) is 24.1 Å². The monoisotopic (exact) mass is 468 g/mol. The number of rotatable bonds is 11. The lowest BCUT2D eigenvalue weighted by atomic mass is 10.1. The predicted octanol–water partition coefficient (Wildman–Crippen LogP) is 5.44. The van der Waals surface area contributed by atoms with Gasteiger partial charge < -0.3 is 15.0 Å². The molecule has 7 heteroatoms. The van der Waals surface area contributed by atoms with Crippen molar-refractivity contribution in [2.45, 2.75) is 39.7 Å². The van der Waals surface area contributed by atoms with Crippen molar-refractivity contribution < 1.29 is 9.53 Å². The van der Waals surface area contributed by atoms with E-state index in [1.54, 1.807) is 23.9 Å². The molecule has 1 aromatic heterocycles. The lowest BCUT2D eigenvalue weighted by Crippen LogP contribution is -2.34. The van der Waals surface area contributed by atoms with Crippen LogP contribution in [0.15, 0.2) is 54.6 Å². The summed E-state index contributed by atoms with van der Waals surface area (Å²) in [7, 11) is 1.63. The van der Waals surface area contributed by atoms with Crippen molar-refractivity contribution in [2.75, 3.05) is 26.7 Å². The highest BCUT2D eigenvalue weighted by Crippen LogP contribution is 2.26. The molecule has 1 atom stereocenters. The minimum absolute atomic E-state index is 0.0573. The zero-order valence-electron chi connectivity index (χ0n) is 19.8. The second-order valence-corrected chi connectivity index (χ2v) is 8.52. The van der Waals surface area contributed by atoms with Gasteiger partial charge in [-0.3, -0.25) is 4.79 Å². The number of halogens is 1. The molecule has 1 N–H and O–H groups in total. The maximum atomic E-state index is 13.3. The van der Waals surface area contributed by atoms with Crippen LogP contribution in [-0.2, 0) is 0 Å². The lowest BCUT2D eigenvalue weighted by Gasteiger charge is -2.20. The molecule has 1 heterocycles. The number of hydrogen-bond acceptors (Lipinski definition) is 4. The summed E-state index contributed by atoms with van der Waals surface area (Å²) < 4.78 is 7.02. The fourth-order valence-electron chi connectivity index (χ4n) is 3.78. The zero-order chi connectivity index (χ0) is 23.8. The SMILES string of the molecule is CCN(CC)CCCC(C)NC(=O)c1cc(-c2cccc(OC)c2)nn1-c1ccc(Cl)cc1. The van der Waals surface area contributed by atoms with Gasteiger partial charge in [-0.1, -0.05) is 37.6 Å². The third kappa shape index (κ3) is 6.59. The summed E-state index contributed by atoms with van der Waals surface area (Å²) in [6.07, 6.45) is 1.95. The van der Waals surface area contributed by atoms with Crippen molar-refractivity contribution in [3.63, 3.8) is 0 Å². The summed E-state index contributed by atoms with van der Waals surface area (Å²) in [6.45, 7) is 9.52. The molecule has 0 spiro atoms. The summed E-state index contributed by atoms with van der Waals surface area (Å²) in [4.78, 5) is 15.7. The first kappa shape index (κ1) is 24.8. The van der Waals surface area contributed by atoms with Gasteiger partial charge in [0.25, 0.3) is 5.91 Å². The molecule has 0 aliphatic rings. The Morgan fingerprint density at radius 2 is 1.88 bits per heavy atom. The molecule has 0 aliphatic heterocycles. The molecular formula is C26H33ClN4O2.